The Kier molecular flexibility index (Phi) is 3.66. The van der Waals surface area contributed by atoms with Gasteiger partial charge in [-0.05, 0) is 24.6 Å². The highest BCUT2D eigenvalue weighted by Gasteiger charge is 2.07. The number of halogens is 2. The van der Waals surface area contributed by atoms with Crippen LogP contribution < -0.4 is 5.32 Å². The molecule has 1 aromatic carbocycles. The molecule has 6 heteroatoms. The normalized spacial score (nSPS) is 9.89. The van der Waals surface area contributed by atoms with Gasteiger partial charge >= 0.3 is 0 Å². The third-order valence-corrected chi connectivity index (χ3v) is 2.82. The molecule has 0 unspecified atom stereocenters. The van der Waals surface area contributed by atoms with Gasteiger partial charge in [0, 0.05) is 11.8 Å². The first-order valence-electron chi connectivity index (χ1n) is 5.06. The minimum absolute atomic E-state index is 0.223. The number of benzene rings is 1. The van der Waals surface area contributed by atoms with Crippen LogP contribution in [-0.2, 0) is 0 Å². The zero-order valence-corrected chi connectivity index (χ0v) is 10.9. The van der Waals surface area contributed by atoms with Crippen LogP contribution in [0.2, 0.25) is 10.3 Å². The molecule has 1 heterocycles. The summed E-state index contributed by atoms with van der Waals surface area (Å²) in [6, 6.07) is 9.00. The second kappa shape index (κ2) is 5.21. The molecule has 0 aliphatic rings. The molecule has 0 fully saturated rings. The van der Waals surface area contributed by atoms with Crippen LogP contribution in [0.4, 0.5) is 11.4 Å². The van der Waals surface area contributed by atoms with Crippen molar-refractivity contribution in [2.24, 2.45) is 0 Å². The number of anilines is 2. The van der Waals surface area contributed by atoms with Gasteiger partial charge in [-0.25, -0.2) is 0 Å². The Bertz CT molecular complexity index is 634. The van der Waals surface area contributed by atoms with Crippen molar-refractivity contribution in [2.45, 2.75) is 6.92 Å². The third-order valence-electron chi connectivity index (χ3n) is 2.36. The molecule has 1 N–H and O–H groups in total. The molecule has 0 saturated heterocycles. The summed E-state index contributed by atoms with van der Waals surface area (Å²) in [5.74, 6) is 0. The van der Waals surface area contributed by atoms with Crippen LogP contribution in [0.15, 0.2) is 24.3 Å². The van der Waals surface area contributed by atoms with E-state index in [2.05, 4.69) is 21.6 Å². The summed E-state index contributed by atoms with van der Waals surface area (Å²) in [5.41, 5.74) is 2.88. The largest absolute Gasteiger partial charge is 0.353 e. The second-order valence-electron chi connectivity index (χ2n) is 3.64. The molecule has 0 amide bonds. The Hall–Kier alpha value is -1.83. The maximum Gasteiger partial charge on any atom is 0.175 e. The highest BCUT2D eigenvalue weighted by molar-refractivity contribution is 6.33. The lowest BCUT2D eigenvalue weighted by atomic mass is 10.1. The van der Waals surface area contributed by atoms with E-state index in [9.17, 15) is 0 Å². The number of nitrogens with one attached hydrogen (secondary N) is 1. The molecular weight excluding hydrogens is 271 g/mol. The second-order valence-corrected chi connectivity index (χ2v) is 4.38. The van der Waals surface area contributed by atoms with E-state index < -0.39 is 0 Å². The van der Waals surface area contributed by atoms with E-state index in [-0.39, 0.29) is 10.3 Å². The monoisotopic (exact) mass is 278 g/mol. The number of aromatic nitrogens is 2. The SMILES string of the molecule is Cc1ccc(C#N)cc1Nc1cc(Cl)nnc1Cl. The van der Waals surface area contributed by atoms with Crippen LogP contribution in [0.3, 0.4) is 0 Å². The average Bonchev–Trinajstić information content (AvgIpc) is 2.36. The molecule has 1 aromatic heterocycles. The number of rotatable bonds is 2. The van der Waals surface area contributed by atoms with Crippen molar-refractivity contribution >= 4 is 34.6 Å². The molecular formula is C12H8Cl2N4. The summed E-state index contributed by atoms with van der Waals surface area (Å²) in [7, 11) is 0. The quantitative estimate of drug-likeness (QED) is 0.910. The summed E-state index contributed by atoms with van der Waals surface area (Å²) >= 11 is 11.7. The van der Waals surface area contributed by atoms with E-state index in [0.29, 0.717) is 11.3 Å². The lowest BCUT2D eigenvalue weighted by Gasteiger charge is -2.10. The van der Waals surface area contributed by atoms with E-state index in [4.69, 9.17) is 28.5 Å². The van der Waals surface area contributed by atoms with Crippen LogP contribution >= 0.6 is 23.2 Å². The molecule has 0 saturated carbocycles. The average molecular weight is 279 g/mol. The molecule has 18 heavy (non-hydrogen) atoms. The van der Waals surface area contributed by atoms with Crippen LogP contribution in [0.25, 0.3) is 0 Å². The van der Waals surface area contributed by atoms with Crippen LogP contribution in [0, 0.1) is 18.3 Å². The third kappa shape index (κ3) is 2.70. The van der Waals surface area contributed by atoms with E-state index in [0.717, 1.165) is 11.3 Å². The summed E-state index contributed by atoms with van der Waals surface area (Å²) in [6.07, 6.45) is 0. The maximum atomic E-state index is 8.87. The standard InChI is InChI=1S/C12H8Cl2N4/c1-7-2-3-8(6-15)4-9(7)16-10-5-11(13)17-18-12(10)14/h2-5H,1H3,(H,16,17). The molecule has 0 radical (unpaired) electrons. The minimum atomic E-state index is 0.223. The zero-order chi connectivity index (χ0) is 13.1. The molecule has 0 aliphatic carbocycles. The van der Waals surface area contributed by atoms with Gasteiger partial charge in [-0.15, -0.1) is 10.2 Å². The Morgan fingerprint density at radius 3 is 2.67 bits per heavy atom. The summed E-state index contributed by atoms with van der Waals surface area (Å²) in [6.45, 7) is 1.92. The number of hydrogen-bond donors (Lipinski definition) is 1. The number of nitriles is 1. The fourth-order valence-corrected chi connectivity index (χ4v) is 1.70. The van der Waals surface area contributed by atoms with E-state index >= 15 is 0 Å². The molecule has 0 atom stereocenters. The lowest BCUT2D eigenvalue weighted by molar-refractivity contribution is 1.03. The van der Waals surface area contributed by atoms with Crippen molar-refractivity contribution in [2.75, 3.05) is 5.32 Å². The molecule has 90 valence electrons. The first-order valence-corrected chi connectivity index (χ1v) is 5.82. The van der Waals surface area contributed by atoms with E-state index in [1.807, 2.05) is 13.0 Å². The summed E-state index contributed by atoms with van der Waals surface area (Å²) in [4.78, 5) is 0. The van der Waals surface area contributed by atoms with Crippen LogP contribution in [0.1, 0.15) is 11.1 Å². The Morgan fingerprint density at radius 2 is 1.94 bits per heavy atom. The van der Waals surface area contributed by atoms with Gasteiger partial charge in [-0.2, -0.15) is 5.26 Å². The molecule has 0 bridgehead atoms. The van der Waals surface area contributed by atoms with Gasteiger partial charge in [0.25, 0.3) is 0 Å². The molecule has 0 spiro atoms. The minimum Gasteiger partial charge on any atom is -0.353 e. The fraction of sp³-hybridized carbons (Fsp3) is 0.0833. The molecule has 0 aliphatic heterocycles. The van der Waals surface area contributed by atoms with Gasteiger partial charge in [-0.3, -0.25) is 0 Å². The highest BCUT2D eigenvalue weighted by atomic mass is 35.5. The maximum absolute atomic E-state index is 8.87. The van der Waals surface area contributed by atoms with Gasteiger partial charge in [0.1, 0.15) is 0 Å². The van der Waals surface area contributed by atoms with Crippen molar-refractivity contribution in [3.8, 4) is 6.07 Å². The molecule has 4 nitrogen and oxygen atoms in total. The number of aryl methyl sites for hydroxylation is 1. The predicted molar refractivity (Wildman–Crippen MR) is 71.2 cm³/mol. The number of nitrogens with zero attached hydrogens (tertiary/aromatic N) is 3. The van der Waals surface area contributed by atoms with Crippen molar-refractivity contribution in [3.05, 3.63) is 45.7 Å². The smallest absolute Gasteiger partial charge is 0.175 e. The van der Waals surface area contributed by atoms with E-state index in [1.54, 1.807) is 18.2 Å². The molecule has 2 aromatic rings. The van der Waals surface area contributed by atoms with Gasteiger partial charge in [0.2, 0.25) is 0 Å². The Morgan fingerprint density at radius 1 is 1.17 bits per heavy atom. The predicted octanol–water partition coefficient (Wildman–Crippen LogP) is 3.71. The van der Waals surface area contributed by atoms with Crippen molar-refractivity contribution in [1.82, 2.24) is 10.2 Å². The molecule has 2 rings (SSSR count). The summed E-state index contributed by atoms with van der Waals surface area (Å²) in [5, 5.41) is 19.8. The van der Waals surface area contributed by atoms with Crippen molar-refractivity contribution in [3.63, 3.8) is 0 Å². The zero-order valence-electron chi connectivity index (χ0n) is 9.41. The number of hydrogen-bond acceptors (Lipinski definition) is 4. The van der Waals surface area contributed by atoms with Gasteiger partial charge < -0.3 is 5.32 Å². The Balaban J connectivity index is 2.39. The van der Waals surface area contributed by atoms with Crippen molar-refractivity contribution in [1.29, 1.82) is 5.26 Å². The highest BCUT2D eigenvalue weighted by Crippen LogP contribution is 2.27. The Labute approximate surface area is 114 Å². The lowest BCUT2D eigenvalue weighted by Crippen LogP contribution is -1.97. The topological polar surface area (TPSA) is 61.6 Å². The first-order chi connectivity index (χ1) is 8.60. The van der Waals surface area contributed by atoms with Crippen molar-refractivity contribution < 1.29 is 0 Å². The van der Waals surface area contributed by atoms with Crippen LogP contribution in [-0.4, -0.2) is 10.2 Å². The fourth-order valence-electron chi connectivity index (χ4n) is 1.41. The van der Waals surface area contributed by atoms with Gasteiger partial charge in [0.05, 0.1) is 17.3 Å². The van der Waals surface area contributed by atoms with E-state index in [1.165, 1.54) is 0 Å². The van der Waals surface area contributed by atoms with Gasteiger partial charge in [-0.1, -0.05) is 29.3 Å². The van der Waals surface area contributed by atoms with Crippen LogP contribution in [0.5, 0.6) is 0 Å². The summed E-state index contributed by atoms with van der Waals surface area (Å²) < 4.78 is 0. The first kappa shape index (κ1) is 12.6. The van der Waals surface area contributed by atoms with Gasteiger partial charge in [0.15, 0.2) is 10.3 Å².